The molecule has 2 rings (SSSR count). The number of carbonyl (C=O) groups is 1. The standard InChI is InChI=1S/C12H15ClFN3O/c1-6(12(18)17-7-2-3-7)16-11-4-8(13)9(14)5-10(11)15/h4-7,16H,2-3,15H2,1H3,(H,17,18). The lowest BCUT2D eigenvalue weighted by atomic mass is 10.2. The fourth-order valence-electron chi connectivity index (χ4n) is 1.54. The van der Waals surface area contributed by atoms with Crippen LogP contribution in [0.1, 0.15) is 19.8 Å². The molecule has 0 radical (unpaired) electrons. The van der Waals surface area contributed by atoms with Crippen molar-refractivity contribution in [2.24, 2.45) is 0 Å². The summed E-state index contributed by atoms with van der Waals surface area (Å²) >= 11 is 5.67. The summed E-state index contributed by atoms with van der Waals surface area (Å²) in [5.74, 6) is -0.674. The normalized spacial score (nSPS) is 16.2. The molecule has 0 heterocycles. The van der Waals surface area contributed by atoms with Gasteiger partial charge < -0.3 is 16.4 Å². The second kappa shape index (κ2) is 5.02. The zero-order chi connectivity index (χ0) is 13.3. The van der Waals surface area contributed by atoms with Gasteiger partial charge in [-0.15, -0.1) is 0 Å². The average molecular weight is 272 g/mol. The highest BCUT2D eigenvalue weighted by atomic mass is 35.5. The number of amides is 1. The number of rotatable bonds is 4. The van der Waals surface area contributed by atoms with Gasteiger partial charge in [-0.25, -0.2) is 4.39 Å². The molecule has 1 unspecified atom stereocenters. The van der Waals surface area contributed by atoms with Gasteiger partial charge in [0.2, 0.25) is 5.91 Å². The van der Waals surface area contributed by atoms with Gasteiger partial charge in [0, 0.05) is 12.1 Å². The lowest BCUT2D eigenvalue weighted by Crippen LogP contribution is -2.38. The van der Waals surface area contributed by atoms with E-state index in [1.807, 2.05) is 0 Å². The van der Waals surface area contributed by atoms with Gasteiger partial charge in [-0.2, -0.15) is 0 Å². The van der Waals surface area contributed by atoms with Crippen molar-refractivity contribution in [2.75, 3.05) is 11.1 Å². The second-order valence-electron chi connectivity index (χ2n) is 4.50. The van der Waals surface area contributed by atoms with Crippen molar-refractivity contribution < 1.29 is 9.18 Å². The third-order valence-electron chi connectivity index (χ3n) is 2.78. The Kier molecular flexibility index (Phi) is 3.61. The van der Waals surface area contributed by atoms with Gasteiger partial charge >= 0.3 is 0 Å². The van der Waals surface area contributed by atoms with Crippen LogP contribution in [0.25, 0.3) is 0 Å². The summed E-state index contributed by atoms with van der Waals surface area (Å²) in [5.41, 5.74) is 6.34. The van der Waals surface area contributed by atoms with Crippen LogP contribution in [0.15, 0.2) is 12.1 Å². The van der Waals surface area contributed by atoms with Crippen LogP contribution in [-0.4, -0.2) is 18.0 Å². The Morgan fingerprint density at radius 2 is 2.22 bits per heavy atom. The van der Waals surface area contributed by atoms with Crippen molar-refractivity contribution in [3.63, 3.8) is 0 Å². The minimum absolute atomic E-state index is 0.0264. The Balaban J connectivity index is 2.03. The molecule has 1 aromatic carbocycles. The van der Waals surface area contributed by atoms with E-state index in [-0.39, 0.29) is 16.6 Å². The first kappa shape index (κ1) is 13.0. The molecule has 0 spiro atoms. The predicted octanol–water partition coefficient (Wildman–Crippen LogP) is 2.14. The fourth-order valence-corrected chi connectivity index (χ4v) is 1.70. The van der Waals surface area contributed by atoms with E-state index in [4.69, 9.17) is 17.3 Å². The number of hydrogen-bond donors (Lipinski definition) is 3. The van der Waals surface area contributed by atoms with Crippen molar-refractivity contribution in [2.45, 2.75) is 31.8 Å². The molecule has 0 saturated heterocycles. The highest BCUT2D eigenvalue weighted by Gasteiger charge is 2.25. The highest BCUT2D eigenvalue weighted by Crippen LogP contribution is 2.27. The van der Waals surface area contributed by atoms with E-state index in [0.717, 1.165) is 18.9 Å². The molecule has 1 aliphatic carbocycles. The van der Waals surface area contributed by atoms with Gasteiger partial charge in [-0.3, -0.25) is 4.79 Å². The molecule has 1 atom stereocenters. The van der Waals surface area contributed by atoms with E-state index >= 15 is 0 Å². The van der Waals surface area contributed by atoms with E-state index in [9.17, 15) is 9.18 Å². The topological polar surface area (TPSA) is 67.1 Å². The number of halogens is 2. The molecule has 1 aliphatic rings. The summed E-state index contributed by atoms with van der Waals surface area (Å²) in [6.07, 6.45) is 2.06. The number of anilines is 2. The second-order valence-corrected chi connectivity index (χ2v) is 4.91. The fraction of sp³-hybridized carbons (Fsp3) is 0.417. The summed E-state index contributed by atoms with van der Waals surface area (Å²) in [4.78, 5) is 11.7. The minimum atomic E-state index is -0.574. The van der Waals surface area contributed by atoms with E-state index in [2.05, 4.69) is 10.6 Å². The van der Waals surface area contributed by atoms with E-state index in [1.54, 1.807) is 6.92 Å². The molecule has 1 amide bonds. The maximum absolute atomic E-state index is 13.1. The summed E-state index contributed by atoms with van der Waals surface area (Å²) in [6.45, 7) is 1.72. The number of nitrogens with one attached hydrogen (secondary N) is 2. The Hall–Kier alpha value is -1.49. The number of benzene rings is 1. The van der Waals surface area contributed by atoms with Crippen LogP contribution >= 0.6 is 11.6 Å². The largest absolute Gasteiger partial charge is 0.397 e. The van der Waals surface area contributed by atoms with Crippen molar-refractivity contribution in [3.8, 4) is 0 Å². The maximum Gasteiger partial charge on any atom is 0.242 e. The molecule has 0 aliphatic heterocycles. The van der Waals surface area contributed by atoms with Crippen LogP contribution in [0.5, 0.6) is 0 Å². The molecule has 6 heteroatoms. The van der Waals surface area contributed by atoms with E-state index in [0.29, 0.717) is 11.7 Å². The quantitative estimate of drug-likeness (QED) is 0.735. The van der Waals surface area contributed by atoms with Crippen LogP contribution in [0.4, 0.5) is 15.8 Å². The molecule has 18 heavy (non-hydrogen) atoms. The van der Waals surface area contributed by atoms with Crippen molar-refractivity contribution >= 4 is 28.9 Å². The van der Waals surface area contributed by atoms with Gasteiger partial charge in [-0.1, -0.05) is 11.6 Å². The van der Waals surface area contributed by atoms with Gasteiger partial charge in [0.05, 0.1) is 16.4 Å². The first-order valence-corrected chi connectivity index (χ1v) is 6.16. The number of hydrogen-bond acceptors (Lipinski definition) is 3. The summed E-state index contributed by atoms with van der Waals surface area (Å²) in [7, 11) is 0. The summed E-state index contributed by atoms with van der Waals surface area (Å²) in [6, 6.07) is 2.37. The van der Waals surface area contributed by atoms with Crippen LogP contribution in [0, 0.1) is 5.82 Å². The van der Waals surface area contributed by atoms with Crippen LogP contribution < -0.4 is 16.4 Å². The molecule has 1 aromatic rings. The lowest BCUT2D eigenvalue weighted by Gasteiger charge is -2.16. The molecule has 4 nitrogen and oxygen atoms in total. The monoisotopic (exact) mass is 271 g/mol. The molecular weight excluding hydrogens is 257 g/mol. The molecule has 0 bridgehead atoms. The van der Waals surface area contributed by atoms with Crippen LogP contribution in [-0.2, 0) is 4.79 Å². The number of nitrogen functional groups attached to an aromatic ring is 1. The molecule has 1 fully saturated rings. The zero-order valence-electron chi connectivity index (χ0n) is 9.97. The smallest absolute Gasteiger partial charge is 0.242 e. The lowest BCUT2D eigenvalue weighted by molar-refractivity contribution is -0.121. The third-order valence-corrected chi connectivity index (χ3v) is 3.07. The van der Waals surface area contributed by atoms with Gasteiger partial charge in [0.15, 0.2) is 0 Å². The number of carbonyl (C=O) groups excluding carboxylic acids is 1. The molecule has 98 valence electrons. The first-order valence-electron chi connectivity index (χ1n) is 5.79. The highest BCUT2D eigenvalue weighted by molar-refractivity contribution is 6.31. The van der Waals surface area contributed by atoms with Crippen molar-refractivity contribution in [1.82, 2.24) is 5.32 Å². The summed E-state index contributed by atoms with van der Waals surface area (Å²) in [5, 5.41) is 5.77. The Morgan fingerprint density at radius 1 is 1.56 bits per heavy atom. The Bertz CT molecular complexity index is 477. The molecule has 0 aromatic heterocycles. The molecule has 1 saturated carbocycles. The van der Waals surface area contributed by atoms with Crippen LogP contribution in [0.2, 0.25) is 5.02 Å². The van der Waals surface area contributed by atoms with Crippen molar-refractivity contribution in [1.29, 1.82) is 0 Å². The SMILES string of the molecule is CC(Nc1cc(Cl)c(F)cc1N)C(=O)NC1CC1. The summed E-state index contributed by atoms with van der Waals surface area (Å²) < 4.78 is 13.1. The first-order chi connectivity index (χ1) is 8.47. The van der Waals surface area contributed by atoms with Crippen molar-refractivity contribution in [3.05, 3.63) is 23.0 Å². The minimum Gasteiger partial charge on any atom is -0.397 e. The van der Waals surface area contributed by atoms with Gasteiger partial charge in [-0.05, 0) is 25.8 Å². The third kappa shape index (κ3) is 3.04. The van der Waals surface area contributed by atoms with Crippen LogP contribution in [0.3, 0.4) is 0 Å². The predicted molar refractivity (Wildman–Crippen MR) is 70.1 cm³/mol. The van der Waals surface area contributed by atoms with E-state index < -0.39 is 11.9 Å². The molecular formula is C12H15ClFN3O. The number of nitrogens with two attached hydrogens (primary N) is 1. The van der Waals surface area contributed by atoms with E-state index in [1.165, 1.54) is 6.07 Å². The average Bonchev–Trinajstić information content (AvgIpc) is 3.09. The van der Waals surface area contributed by atoms with Gasteiger partial charge in [0.25, 0.3) is 0 Å². The van der Waals surface area contributed by atoms with Gasteiger partial charge in [0.1, 0.15) is 11.9 Å². The zero-order valence-corrected chi connectivity index (χ0v) is 10.7. The molecule has 4 N–H and O–H groups in total. The maximum atomic E-state index is 13.1. The Morgan fingerprint density at radius 3 is 2.83 bits per heavy atom. The Labute approximate surface area is 110 Å².